The molecule has 1 aromatic carbocycles. The lowest BCUT2D eigenvalue weighted by molar-refractivity contribution is -0.195. The molecule has 4 aliphatic rings. The molecule has 1 aliphatic carbocycles. The number of ether oxygens (including phenoxy) is 2. The summed E-state index contributed by atoms with van der Waals surface area (Å²) in [5.74, 6) is -2.44. The van der Waals surface area contributed by atoms with Gasteiger partial charge in [0.2, 0.25) is 0 Å². The SMILES string of the molecule is O=C1NCCCN1c1ccc(CC(OC[C@H]2O[C@@H](n3ncc4c(N5CC6CCCC6C5)cc(Cl)nc43)[C@H](O)[C@]2(O)CO)(C(=O)O)C(=O)O)cc1. The smallest absolute Gasteiger partial charge is 0.348 e. The van der Waals surface area contributed by atoms with Gasteiger partial charge >= 0.3 is 18.0 Å². The van der Waals surface area contributed by atoms with Crippen LogP contribution in [0, 0.1) is 11.8 Å². The van der Waals surface area contributed by atoms with E-state index < -0.39 is 61.2 Å². The van der Waals surface area contributed by atoms with Gasteiger partial charge in [-0.2, -0.15) is 5.10 Å². The first-order valence-electron chi connectivity index (χ1n) is 16.7. The summed E-state index contributed by atoms with van der Waals surface area (Å²) in [4.78, 5) is 45.5. The Morgan fingerprint density at radius 1 is 1.12 bits per heavy atom. The summed E-state index contributed by atoms with van der Waals surface area (Å²) in [7, 11) is 0. The molecule has 3 aromatic rings. The number of carbonyl (C=O) groups excluding carboxylic acids is 1. The zero-order valence-electron chi connectivity index (χ0n) is 27.0. The van der Waals surface area contributed by atoms with Crippen LogP contribution in [-0.2, 0) is 25.5 Å². The van der Waals surface area contributed by atoms with Crippen LogP contribution in [0.1, 0.15) is 37.5 Å². The van der Waals surface area contributed by atoms with Gasteiger partial charge in [-0.3, -0.25) is 4.90 Å². The first-order chi connectivity index (χ1) is 23.9. The molecule has 1 saturated carbocycles. The predicted molar refractivity (Wildman–Crippen MR) is 177 cm³/mol. The van der Waals surface area contributed by atoms with Crippen LogP contribution < -0.4 is 15.1 Å². The number of hydrogen-bond acceptors (Lipinski definition) is 11. The second-order valence-electron chi connectivity index (χ2n) is 13.6. The minimum atomic E-state index is -2.84. The zero-order valence-corrected chi connectivity index (χ0v) is 27.8. The van der Waals surface area contributed by atoms with Crippen LogP contribution in [0.15, 0.2) is 36.5 Å². The number of halogens is 1. The summed E-state index contributed by atoms with van der Waals surface area (Å²) in [5.41, 5.74) is -3.34. The van der Waals surface area contributed by atoms with E-state index in [1.807, 2.05) is 0 Å². The van der Waals surface area contributed by atoms with E-state index in [0.717, 1.165) is 25.2 Å². The molecule has 268 valence electrons. The predicted octanol–water partition coefficient (Wildman–Crippen LogP) is 1.39. The molecule has 3 saturated heterocycles. The Balaban J connectivity index is 1.12. The van der Waals surface area contributed by atoms with E-state index >= 15 is 0 Å². The monoisotopic (exact) mass is 714 g/mol. The van der Waals surface area contributed by atoms with E-state index in [1.165, 1.54) is 41.0 Å². The topological polar surface area (TPSA) is 220 Å². The highest BCUT2D eigenvalue weighted by Crippen LogP contribution is 2.43. The Hall–Kier alpha value is -4.06. The number of fused-ring (bicyclic) bond motifs is 2. The van der Waals surface area contributed by atoms with E-state index in [2.05, 4.69) is 20.3 Å². The fourth-order valence-corrected chi connectivity index (χ4v) is 8.00. The van der Waals surface area contributed by atoms with Crippen LogP contribution in [0.5, 0.6) is 0 Å². The van der Waals surface area contributed by atoms with Crippen molar-refractivity contribution >= 4 is 52.0 Å². The minimum absolute atomic E-state index is 0.177. The summed E-state index contributed by atoms with van der Waals surface area (Å²) < 4.78 is 12.8. The Bertz CT molecular complexity index is 1760. The van der Waals surface area contributed by atoms with Crippen molar-refractivity contribution in [2.45, 2.75) is 61.7 Å². The number of rotatable bonds is 11. The number of hydrogen-bond donors (Lipinski definition) is 6. The summed E-state index contributed by atoms with van der Waals surface area (Å²) in [6, 6.07) is 7.65. The highest BCUT2D eigenvalue weighted by atomic mass is 35.5. The van der Waals surface area contributed by atoms with E-state index in [-0.39, 0.29) is 22.4 Å². The Morgan fingerprint density at radius 3 is 2.46 bits per heavy atom. The Kier molecular flexibility index (Phi) is 9.11. The van der Waals surface area contributed by atoms with Gasteiger partial charge in [0.15, 0.2) is 11.9 Å². The highest BCUT2D eigenvalue weighted by molar-refractivity contribution is 6.30. The third-order valence-corrected chi connectivity index (χ3v) is 10.9. The number of pyridine rings is 1. The van der Waals surface area contributed by atoms with Crippen molar-refractivity contribution in [1.29, 1.82) is 0 Å². The first-order valence-corrected chi connectivity index (χ1v) is 17.0. The average molecular weight is 715 g/mol. The van der Waals surface area contributed by atoms with E-state index in [9.17, 15) is 39.9 Å². The van der Waals surface area contributed by atoms with Crippen LogP contribution in [0.3, 0.4) is 0 Å². The number of carbonyl (C=O) groups is 3. The van der Waals surface area contributed by atoms with Crippen LogP contribution in [0.4, 0.5) is 16.2 Å². The van der Waals surface area contributed by atoms with Gasteiger partial charge in [0.1, 0.15) is 23.0 Å². The number of benzene rings is 1. The van der Waals surface area contributed by atoms with Crippen molar-refractivity contribution in [3.05, 3.63) is 47.2 Å². The van der Waals surface area contributed by atoms with Crippen molar-refractivity contribution in [2.75, 3.05) is 49.2 Å². The van der Waals surface area contributed by atoms with Gasteiger partial charge in [-0.15, -0.1) is 0 Å². The third kappa shape index (κ3) is 5.82. The molecule has 7 rings (SSSR count). The number of carboxylic acids is 2. The van der Waals surface area contributed by atoms with E-state index in [4.69, 9.17) is 21.1 Å². The molecular formula is C33H39ClN6O10. The van der Waals surface area contributed by atoms with Gasteiger partial charge in [0.25, 0.3) is 5.60 Å². The number of aliphatic carboxylic acids is 2. The minimum Gasteiger partial charge on any atom is -0.479 e. The molecule has 0 radical (unpaired) electrons. The molecule has 2 amide bonds. The lowest BCUT2D eigenvalue weighted by Gasteiger charge is -2.32. The third-order valence-electron chi connectivity index (χ3n) is 10.7. The fourth-order valence-electron chi connectivity index (χ4n) is 7.81. The molecule has 17 heteroatoms. The molecule has 16 nitrogen and oxygen atoms in total. The summed E-state index contributed by atoms with van der Waals surface area (Å²) in [6.45, 7) is 0.903. The van der Waals surface area contributed by atoms with Crippen molar-refractivity contribution < 1.29 is 49.4 Å². The van der Waals surface area contributed by atoms with Gasteiger partial charge in [-0.25, -0.2) is 24.0 Å². The van der Waals surface area contributed by atoms with Crippen LogP contribution >= 0.6 is 11.6 Å². The Morgan fingerprint density at radius 2 is 1.82 bits per heavy atom. The van der Waals surface area contributed by atoms with Crippen LogP contribution in [-0.4, -0.2) is 121 Å². The molecule has 4 fully saturated rings. The number of urea groups is 1. The Labute approximate surface area is 291 Å². The lowest BCUT2D eigenvalue weighted by atomic mass is 9.91. The first kappa shape index (κ1) is 34.4. The number of aliphatic hydroxyl groups excluding tert-OH is 2. The van der Waals surface area contributed by atoms with Gasteiger partial charge in [0.05, 0.1) is 30.5 Å². The fraction of sp³-hybridized carbons (Fsp3) is 0.545. The zero-order chi connectivity index (χ0) is 35.4. The van der Waals surface area contributed by atoms with Crippen molar-refractivity contribution in [3.8, 4) is 0 Å². The van der Waals surface area contributed by atoms with Crippen LogP contribution in [0.25, 0.3) is 11.0 Å². The van der Waals surface area contributed by atoms with Crippen molar-refractivity contribution in [2.24, 2.45) is 11.8 Å². The molecule has 0 bridgehead atoms. The average Bonchev–Trinajstić information content (AvgIpc) is 3.87. The lowest BCUT2D eigenvalue weighted by Crippen LogP contribution is -2.56. The van der Waals surface area contributed by atoms with Gasteiger partial charge < -0.3 is 45.2 Å². The van der Waals surface area contributed by atoms with Crippen molar-refractivity contribution in [3.63, 3.8) is 0 Å². The highest BCUT2D eigenvalue weighted by Gasteiger charge is 2.58. The van der Waals surface area contributed by atoms with Gasteiger partial charge in [-0.05, 0) is 54.9 Å². The number of anilines is 2. The second kappa shape index (κ2) is 13.2. The maximum atomic E-state index is 12.6. The summed E-state index contributed by atoms with van der Waals surface area (Å²) in [6.07, 6.45) is 0.381. The maximum absolute atomic E-state index is 12.6. The standard InChI is InChI=1S/C33H39ClN6O10/c34-25-11-23(38-14-19-3-1-4-20(19)15-38)22-13-36-40(27(22)37-25)28-26(42)32(48,17-41)24(50-28)16-49-33(29(43)44,30(45)46)12-18-5-7-21(8-6-18)39-10-2-9-35-31(39)47/h5-8,11,13,19-20,24,26,28,41-42,48H,1-4,9-10,12,14-17H2,(H,35,47)(H,43,44)(H,45,46)/t19?,20?,24-,26+,28-,32+/m1/s1. The number of aliphatic hydroxyl groups is 3. The summed E-state index contributed by atoms with van der Waals surface area (Å²) in [5, 5.41) is 61.3. The number of aromatic nitrogens is 3. The number of amides is 2. The molecule has 50 heavy (non-hydrogen) atoms. The maximum Gasteiger partial charge on any atom is 0.348 e. The van der Waals surface area contributed by atoms with E-state index in [0.29, 0.717) is 36.0 Å². The van der Waals surface area contributed by atoms with Crippen molar-refractivity contribution in [1.82, 2.24) is 20.1 Å². The van der Waals surface area contributed by atoms with Crippen LogP contribution in [0.2, 0.25) is 5.15 Å². The molecule has 6 N–H and O–H groups in total. The number of carboxylic acid groups (broad SMARTS) is 2. The number of nitrogens with one attached hydrogen (secondary N) is 1. The molecule has 6 atom stereocenters. The van der Waals surface area contributed by atoms with Gasteiger partial charge in [-0.1, -0.05) is 30.2 Å². The largest absolute Gasteiger partial charge is 0.479 e. The normalized spacial score (nSPS) is 28.3. The second-order valence-corrected chi connectivity index (χ2v) is 14.0. The summed E-state index contributed by atoms with van der Waals surface area (Å²) >= 11 is 6.46. The molecule has 2 aromatic heterocycles. The molecule has 2 unspecified atom stereocenters. The molecule has 3 aliphatic heterocycles. The quantitative estimate of drug-likeness (QED) is 0.122. The van der Waals surface area contributed by atoms with Gasteiger partial charge in [0, 0.05) is 38.3 Å². The number of nitrogens with zero attached hydrogens (tertiary/aromatic N) is 5. The molecule has 0 spiro atoms. The molecule has 5 heterocycles. The van der Waals surface area contributed by atoms with E-state index in [1.54, 1.807) is 24.4 Å². The molecular weight excluding hydrogens is 676 g/mol.